The molecule has 0 fully saturated rings. The van der Waals surface area contributed by atoms with Gasteiger partial charge in [-0.1, -0.05) is 13.8 Å². The molecule has 0 unspecified atom stereocenters. The van der Waals surface area contributed by atoms with Crippen molar-refractivity contribution in [2.24, 2.45) is 0 Å². The zero-order valence-corrected chi connectivity index (χ0v) is 11.9. The van der Waals surface area contributed by atoms with E-state index in [1.165, 1.54) is 6.92 Å². The zero-order valence-electron chi connectivity index (χ0n) is 11.9. The lowest BCUT2D eigenvalue weighted by Crippen LogP contribution is -2.08. The Morgan fingerprint density at radius 3 is 1.95 bits per heavy atom. The highest BCUT2D eigenvalue weighted by molar-refractivity contribution is 5.95. The molecule has 0 aliphatic heterocycles. The molecule has 112 valence electrons. The molecule has 1 aromatic carbocycles. The molecule has 0 radical (unpaired) electrons. The van der Waals surface area contributed by atoms with Crippen LogP contribution in [0.4, 0.5) is 0 Å². The van der Waals surface area contributed by atoms with Crippen LogP contribution in [0.3, 0.4) is 0 Å². The monoisotopic (exact) mass is 284 g/mol. The van der Waals surface area contributed by atoms with E-state index < -0.39 is 17.5 Å². The predicted molar refractivity (Wildman–Crippen MR) is 73.0 cm³/mol. The Kier molecular flexibility index (Phi) is 5.49. The number of phenols is 2. The molecule has 20 heavy (non-hydrogen) atoms. The van der Waals surface area contributed by atoms with Gasteiger partial charge in [-0.15, -0.1) is 0 Å². The molecule has 1 aromatic rings. The van der Waals surface area contributed by atoms with Gasteiger partial charge in [0, 0.05) is 5.56 Å². The Hall–Kier alpha value is -2.11. The van der Waals surface area contributed by atoms with Crippen LogP contribution >= 0.6 is 0 Å². The number of phenolic OH excluding ortho intramolecular Hbond substituents is 1. The van der Waals surface area contributed by atoms with Crippen molar-refractivity contribution in [3.8, 4) is 23.0 Å². The SMILES string of the molecule is CCCOc1c(C)c(C(=O)O)c(O)c(O)c1OCCC. The molecular weight excluding hydrogens is 264 g/mol. The third-order valence-corrected chi connectivity index (χ3v) is 2.71. The number of rotatable bonds is 7. The Morgan fingerprint density at radius 2 is 1.50 bits per heavy atom. The summed E-state index contributed by atoms with van der Waals surface area (Å²) in [4.78, 5) is 11.2. The van der Waals surface area contributed by atoms with Crippen LogP contribution in [0, 0.1) is 6.92 Å². The van der Waals surface area contributed by atoms with Gasteiger partial charge in [0.1, 0.15) is 5.56 Å². The van der Waals surface area contributed by atoms with Crippen molar-refractivity contribution < 1.29 is 29.6 Å². The smallest absolute Gasteiger partial charge is 0.340 e. The summed E-state index contributed by atoms with van der Waals surface area (Å²) in [5, 5.41) is 28.9. The summed E-state index contributed by atoms with van der Waals surface area (Å²) in [6.45, 7) is 5.97. The molecular formula is C14H20O6. The van der Waals surface area contributed by atoms with E-state index in [1.54, 1.807) is 0 Å². The predicted octanol–water partition coefficient (Wildman–Crippen LogP) is 2.68. The first kappa shape index (κ1) is 15.9. The van der Waals surface area contributed by atoms with Crippen LogP contribution < -0.4 is 9.47 Å². The van der Waals surface area contributed by atoms with Gasteiger partial charge in [0.2, 0.25) is 11.5 Å². The minimum absolute atomic E-state index is 0.0136. The lowest BCUT2D eigenvalue weighted by molar-refractivity contribution is 0.0691. The molecule has 1 rings (SSSR count). The number of carboxylic acids is 1. The summed E-state index contributed by atoms with van der Waals surface area (Å²) < 4.78 is 10.9. The molecule has 0 aliphatic rings. The van der Waals surface area contributed by atoms with Gasteiger partial charge < -0.3 is 24.8 Å². The second kappa shape index (κ2) is 6.88. The fourth-order valence-corrected chi connectivity index (χ4v) is 1.77. The summed E-state index contributed by atoms with van der Waals surface area (Å²) in [6, 6.07) is 0. The number of hydrogen-bond donors (Lipinski definition) is 3. The fraction of sp³-hybridized carbons (Fsp3) is 0.500. The maximum atomic E-state index is 11.2. The molecule has 0 bridgehead atoms. The van der Waals surface area contributed by atoms with Crippen LogP contribution in [0.5, 0.6) is 23.0 Å². The van der Waals surface area contributed by atoms with Gasteiger partial charge in [-0.25, -0.2) is 4.79 Å². The first-order valence-corrected chi connectivity index (χ1v) is 6.52. The van der Waals surface area contributed by atoms with E-state index in [-0.39, 0.29) is 22.6 Å². The third-order valence-electron chi connectivity index (χ3n) is 2.71. The number of ether oxygens (including phenoxy) is 2. The Labute approximate surface area is 117 Å². The average Bonchev–Trinajstić information content (AvgIpc) is 2.40. The van der Waals surface area contributed by atoms with Gasteiger partial charge in [0.05, 0.1) is 13.2 Å². The quantitative estimate of drug-likeness (QED) is 0.666. The van der Waals surface area contributed by atoms with Crippen LogP contribution in [-0.4, -0.2) is 34.5 Å². The molecule has 3 N–H and O–H groups in total. The van der Waals surface area contributed by atoms with Crippen molar-refractivity contribution in [1.29, 1.82) is 0 Å². The molecule has 0 saturated carbocycles. The van der Waals surface area contributed by atoms with Crippen LogP contribution in [0.1, 0.15) is 42.6 Å². The van der Waals surface area contributed by atoms with Crippen molar-refractivity contribution in [3.05, 3.63) is 11.1 Å². The lowest BCUT2D eigenvalue weighted by atomic mass is 10.0. The molecule has 0 aliphatic carbocycles. The standard InChI is InChI=1S/C14H20O6/c1-4-6-19-12-8(3)9(14(17)18)10(15)11(16)13(12)20-7-5-2/h15-16H,4-7H2,1-3H3,(H,17,18). The van der Waals surface area contributed by atoms with Crippen molar-refractivity contribution in [2.45, 2.75) is 33.6 Å². The highest BCUT2D eigenvalue weighted by atomic mass is 16.5. The van der Waals surface area contributed by atoms with Crippen LogP contribution in [-0.2, 0) is 0 Å². The fourth-order valence-electron chi connectivity index (χ4n) is 1.77. The van der Waals surface area contributed by atoms with Gasteiger partial charge in [-0.2, -0.15) is 0 Å². The van der Waals surface area contributed by atoms with Gasteiger partial charge >= 0.3 is 5.97 Å². The molecule has 0 spiro atoms. The van der Waals surface area contributed by atoms with E-state index in [0.29, 0.717) is 19.6 Å². The van der Waals surface area contributed by atoms with Gasteiger partial charge in [0.15, 0.2) is 11.5 Å². The number of carbonyl (C=O) groups is 1. The zero-order chi connectivity index (χ0) is 15.3. The van der Waals surface area contributed by atoms with Crippen molar-refractivity contribution >= 4 is 5.97 Å². The summed E-state index contributed by atoms with van der Waals surface area (Å²) in [5.74, 6) is -2.50. The first-order valence-electron chi connectivity index (χ1n) is 6.52. The van der Waals surface area contributed by atoms with E-state index in [9.17, 15) is 15.0 Å². The van der Waals surface area contributed by atoms with Crippen molar-refractivity contribution in [1.82, 2.24) is 0 Å². The molecule has 0 heterocycles. The van der Waals surface area contributed by atoms with E-state index in [4.69, 9.17) is 14.6 Å². The summed E-state index contributed by atoms with van der Waals surface area (Å²) in [5.41, 5.74) is -0.148. The van der Waals surface area contributed by atoms with Crippen LogP contribution in [0.15, 0.2) is 0 Å². The average molecular weight is 284 g/mol. The number of hydrogen-bond acceptors (Lipinski definition) is 5. The molecule has 0 amide bonds. The molecule has 0 saturated heterocycles. The lowest BCUT2D eigenvalue weighted by Gasteiger charge is -2.18. The Balaban J connectivity index is 3.43. The number of carboxylic acid groups (broad SMARTS) is 1. The first-order chi connectivity index (χ1) is 9.45. The van der Waals surface area contributed by atoms with Crippen LogP contribution in [0.2, 0.25) is 0 Å². The van der Waals surface area contributed by atoms with Gasteiger partial charge in [-0.3, -0.25) is 0 Å². The Bertz CT molecular complexity index is 495. The van der Waals surface area contributed by atoms with Gasteiger partial charge in [0.25, 0.3) is 0 Å². The topological polar surface area (TPSA) is 96.2 Å². The van der Waals surface area contributed by atoms with E-state index in [2.05, 4.69) is 0 Å². The maximum absolute atomic E-state index is 11.2. The minimum atomic E-state index is -1.33. The highest BCUT2D eigenvalue weighted by Gasteiger charge is 2.27. The minimum Gasteiger partial charge on any atom is -0.504 e. The normalized spacial score (nSPS) is 10.3. The maximum Gasteiger partial charge on any atom is 0.340 e. The molecule has 0 aromatic heterocycles. The third kappa shape index (κ3) is 3.07. The van der Waals surface area contributed by atoms with E-state index in [0.717, 1.165) is 6.42 Å². The Morgan fingerprint density at radius 1 is 1.00 bits per heavy atom. The van der Waals surface area contributed by atoms with Crippen LogP contribution in [0.25, 0.3) is 0 Å². The summed E-state index contributed by atoms with van der Waals surface area (Å²) in [7, 11) is 0. The van der Waals surface area contributed by atoms with E-state index in [1.807, 2.05) is 13.8 Å². The highest BCUT2D eigenvalue weighted by Crippen LogP contribution is 2.48. The second-order valence-corrected chi connectivity index (χ2v) is 4.36. The van der Waals surface area contributed by atoms with Gasteiger partial charge in [-0.05, 0) is 19.8 Å². The number of aromatic hydroxyl groups is 2. The molecule has 0 atom stereocenters. The van der Waals surface area contributed by atoms with E-state index >= 15 is 0 Å². The van der Waals surface area contributed by atoms with Crippen molar-refractivity contribution in [2.75, 3.05) is 13.2 Å². The second-order valence-electron chi connectivity index (χ2n) is 4.36. The van der Waals surface area contributed by atoms with Crippen molar-refractivity contribution in [3.63, 3.8) is 0 Å². The number of aromatic carboxylic acids is 1. The number of benzene rings is 1. The largest absolute Gasteiger partial charge is 0.504 e. The molecule has 6 heteroatoms. The molecule has 6 nitrogen and oxygen atoms in total. The summed E-state index contributed by atoms with van der Waals surface area (Å²) >= 11 is 0. The summed E-state index contributed by atoms with van der Waals surface area (Å²) in [6.07, 6.45) is 1.42.